The van der Waals surface area contributed by atoms with Gasteiger partial charge in [-0.25, -0.2) is 0 Å². The van der Waals surface area contributed by atoms with Crippen molar-refractivity contribution in [1.29, 1.82) is 0 Å². The van der Waals surface area contributed by atoms with Crippen LogP contribution in [0, 0.1) is 13.8 Å². The second-order valence-electron chi connectivity index (χ2n) is 7.41. The summed E-state index contributed by atoms with van der Waals surface area (Å²) in [6, 6.07) is 9.36. The van der Waals surface area contributed by atoms with Crippen molar-refractivity contribution in [3.05, 3.63) is 67.7 Å². The van der Waals surface area contributed by atoms with Gasteiger partial charge >= 0.3 is 0 Å². The number of nitrogens with one attached hydrogen (secondary N) is 1. The van der Waals surface area contributed by atoms with Crippen LogP contribution in [0.4, 0.5) is 0 Å². The Kier molecular flexibility index (Phi) is 5.33. The number of likely N-dealkylation sites (tertiary alicyclic amines) is 1. The van der Waals surface area contributed by atoms with E-state index in [9.17, 15) is 9.59 Å². The molecule has 4 rings (SSSR count). The number of fused-ring (bicyclic) bond motifs is 1. The molecule has 0 saturated carbocycles. The number of benzene rings is 1. The maximum Gasteiger partial charge on any atom is 0.287 e. The van der Waals surface area contributed by atoms with E-state index in [2.05, 4.69) is 21.7 Å². The van der Waals surface area contributed by atoms with Crippen LogP contribution in [0.1, 0.15) is 45.4 Å². The van der Waals surface area contributed by atoms with Crippen molar-refractivity contribution in [2.75, 3.05) is 19.6 Å². The number of aryl methyl sites for hydroxylation is 2. The molecule has 0 aliphatic carbocycles. The average molecular weight is 397 g/mol. The fourth-order valence-electron chi connectivity index (χ4n) is 4.00. The molecule has 6 heteroatoms. The number of hydrogen-bond donors (Lipinski definition) is 1. The lowest BCUT2D eigenvalue weighted by Crippen LogP contribution is -2.36. The second kappa shape index (κ2) is 7.89. The number of carbonyl (C=O) groups excluding carboxylic acids is 1. The van der Waals surface area contributed by atoms with Crippen molar-refractivity contribution in [3.63, 3.8) is 0 Å². The number of hydrogen-bond acceptors (Lipinski definition) is 5. The fraction of sp³-hybridized carbons (Fsp3) is 0.364. The van der Waals surface area contributed by atoms with Crippen LogP contribution in [0.25, 0.3) is 11.0 Å². The van der Waals surface area contributed by atoms with Crippen LogP contribution in [0.15, 0.2) is 44.9 Å². The maximum absolute atomic E-state index is 12.7. The predicted molar refractivity (Wildman–Crippen MR) is 112 cm³/mol. The standard InChI is InChI=1S/C22H24N2O3S/c1-14-10-15(2)21-17(25)12-19(27-18(21)11-14)22(26)23-13-16(20-6-5-9-28-20)24-7-3-4-8-24/h5-6,9-12,16H,3-4,7-8,13H2,1-2H3,(H,23,26). The minimum Gasteiger partial charge on any atom is -0.451 e. The van der Waals surface area contributed by atoms with E-state index in [4.69, 9.17) is 4.42 Å². The Labute approximate surface area is 168 Å². The Morgan fingerprint density at radius 1 is 1.25 bits per heavy atom. The lowest BCUT2D eigenvalue weighted by Gasteiger charge is -2.26. The van der Waals surface area contributed by atoms with E-state index in [1.807, 2.05) is 26.0 Å². The monoisotopic (exact) mass is 396 g/mol. The van der Waals surface area contributed by atoms with Crippen LogP contribution in [0.2, 0.25) is 0 Å². The zero-order valence-corrected chi connectivity index (χ0v) is 17.0. The highest BCUT2D eigenvalue weighted by atomic mass is 32.1. The molecule has 1 aliphatic rings. The first kappa shape index (κ1) is 18.9. The molecule has 5 nitrogen and oxygen atoms in total. The SMILES string of the molecule is Cc1cc(C)c2c(=O)cc(C(=O)NCC(c3cccs3)N3CCCC3)oc2c1. The minimum atomic E-state index is -0.348. The van der Waals surface area contributed by atoms with E-state index in [-0.39, 0.29) is 23.1 Å². The third-order valence-corrected chi connectivity index (χ3v) is 6.28. The van der Waals surface area contributed by atoms with Crippen LogP contribution >= 0.6 is 11.3 Å². The van der Waals surface area contributed by atoms with E-state index in [0.29, 0.717) is 17.5 Å². The van der Waals surface area contributed by atoms with E-state index in [0.717, 1.165) is 24.2 Å². The Hall–Kier alpha value is -2.44. The molecule has 2 aromatic heterocycles. The molecular formula is C22H24N2O3S. The molecule has 1 unspecified atom stereocenters. The Bertz CT molecular complexity index is 1050. The summed E-state index contributed by atoms with van der Waals surface area (Å²) in [7, 11) is 0. The van der Waals surface area contributed by atoms with E-state index < -0.39 is 0 Å². The van der Waals surface area contributed by atoms with Crippen molar-refractivity contribution in [2.45, 2.75) is 32.7 Å². The Morgan fingerprint density at radius 3 is 2.75 bits per heavy atom. The van der Waals surface area contributed by atoms with Gasteiger partial charge in [-0.3, -0.25) is 14.5 Å². The van der Waals surface area contributed by atoms with Gasteiger partial charge in [0, 0.05) is 17.5 Å². The third kappa shape index (κ3) is 3.75. The molecule has 1 aliphatic heterocycles. The van der Waals surface area contributed by atoms with Crippen LogP contribution in [0.3, 0.4) is 0 Å². The quantitative estimate of drug-likeness (QED) is 0.707. The molecule has 0 radical (unpaired) electrons. The number of amides is 1. The van der Waals surface area contributed by atoms with Gasteiger partial charge in [0.15, 0.2) is 11.2 Å². The first-order chi connectivity index (χ1) is 13.5. The van der Waals surface area contributed by atoms with Gasteiger partial charge in [0.2, 0.25) is 0 Å². The molecule has 3 heterocycles. The van der Waals surface area contributed by atoms with Crippen molar-refractivity contribution in [2.24, 2.45) is 0 Å². The van der Waals surface area contributed by atoms with E-state index >= 15 is 0 Å². The van der Waals surface area contributed by atoms with Gasteiger partial charge in [-0.15, -0.1) is 11.3 Å². The summed E-state index contributed by atoms with van der Waals surface area (Å²) in [6.07, 6.45) is 2.38. The largest absolute Gasteiger partial charge is 0.451 e. The third-order valence-electron chi connectivity index (χ3n) is 5.30. The highest BCUT2D eigenvalue weighted by Crippen LogP contribution is 2.28. The Balaban J connectivity index is 1.56. The van der Waals surface area contributed by atoms with Crippen LogP contribution in [-0.2, 0) is 0 Å². The van der Waals surface area contributed by atoms with Gasteiger partial charge in [-0.2, -0.15) is 0 Å². The van der Waals surface area contributed by atoms with Gasteiger partial charge in [-0.05, 0) is 68.4 Å². The molecule has 0 spiro atoms. The first-order valence-corrected chi connectivity index (χ1v) is 10.5. The number of rotatable bonds is 5. The zero-order valence-electron chi connectivity index (χ0n) is 16.2. The van der Waals surface area contributed by atoms with Gasteiger partial charge in [0.1, 0.15) is 5.58 Å². The summed E-state index contributed by atoms with van der Waals surface area (Å²) in [5.41, 5.74) is 2.14. The fourth-order valence-corrected chi connectivity index (χ4v) is 4.86. The average Bonchev–Trinajstić information content (AvgIpc) is 3.35. The van der Waals surface area contributed by atoms with Gasteiger partial charge < -0.3 is 9.73 Å². The minimum absolute atomic E-state index is 0.0638. The van der Waals surface area contributed by atoms with Crippen molar-refractivity contribution >= 4 is 28.2 Å². The van der Waals surface area contributed by atoms with Crippen LogP contribution in [-0.4, -0.2) is 30.4 Å². The molecule has 28 heavy (non-hydrogen) atoms. The molecule has 146 valence electrons. The molecule has 3 aromatic rings. The lowest BCUT2D eigenvalue weighted by molar-refractivity contribution is 0.0911. The molecule has 0 bridgehead atoms. The molecule has 1 atom stereocenters. The summed E-state index contributed by atoms with van der Waals surface area (Å²) in [4.78, 5) is 28.9. The van der Waals surface area contributed by atoms with Crippen molar-refractivity contribution < 1.29 is 9.21 Å². The highest BCUT2D eigenvalue weighted by molar-refractivity contribution is 7.10. The predicted octanol–water partition coefficient (Wildman–Crippen LogP) is 4.04. The van der Waals surface area contributed by atoms with Gasteiger partial charge in [0.05, 0.1) is 11.4 Å². The second-order valence-corrected chi connectivity index (χ2v) is 8.39. The lowest BCUT2D eigenvalue weighted by atomic mass is 10.1. The number of thiophene rings is 1. The Morgan fingerprint density at radius 2 is 2.04 bits per heavy atom. The maximum atomic E-state index is 12.7. The summed E-state index contributed by atoms with van der Waals surface area (Å²) in [6.45, 7) is 6.41. The number of carbonyl (C=O) groups is 1. The van der Waals surface area contributed by atoms with Crippen LogP contribution in [0.5, 0.6) is 0 Å². The summed E-state index contributed by atoms with van der Waals surface area (Å²) in [5, 5.41) is 5.58. The van der Waals surface area contributed by atoms with Gasteiger partial charge in [0.25, 0.3) is 5.91 Å². The number of nitrogens with zero attached hydrogens (tertiary/aromatic N) is 1. The highest BCUT2D eigenvalue weighted by Gasteiger charge is 2.25. The zero-order chi connectivity index (χ0) is 19.7. The summed E-state index contributed by atoms with van der Waals surface area (Å²) < 4.78 is 5.79. The molecule has 1 amide bonds. The molecule has 1 saturated heterocycles. The summed E-state index contributed by atoms with van der Waals surface area (Å²) in [5.74, 6) is -0.284. The van der Waals surface area contributed by atoms with Gasteiger partial charge in [-0.1, -0.05) is 12.1 Å². The first-order valence-electron chi connectivity index (χ1n) is 9.63. The van der Waals surface area contributed by atoms with E-state index in [1.165, 1.54) is 23.8 Å². The molecular weight excluding hydrogens is 372 g/mol. The normalized spacial score (nSPS) is 15.8. The van der Waals surface area contributed by atoms with Crippen molar-refractivity contribution in [1.82, 2.24) is 10.2 Å². The van der Waals surface area contributed by atoms with Crippen molar-refractivity contribution in [3.8, 4) is 0 Å². The molecule has 1 N–H and O–H groups in total. The molecule has 1 fully saturated rings. The smallest absolute Gasteiger partial charge is 0.287 e. The summed E-state index contributed by atoms with van der Waals surface area (Å²) >= 11 is 1.71. The van der Waals surface area contributed by atoms with E-state index in [1.54, 1.807) is 17.4 Å². The van der Waals surface area contributed by atoms with Crippen LogP contribution < -0.4 is 10.7 Å². The topological polar surface area (TPSA) is 62.6 Å². The molecule has 1 aromatic carbocycles.